The zero-order valence-electron chi connectivity index (χ0n) is 43.9. The van der Waals surface area contributed by atoms with Crippen molar-refractivity contribution >= 4 is 41.8 Å². The second-order valence-electron chi connectivity index (χ2n) is 18.6. The molecule has 0 atom stereocenters. The summed E-state index contributed by atoms with van der Waals surface area (Å²) in [5, 5.41) is 0. The second-order valence-corrected chi connectivity index (χ2v) is 18.6. The average Bonchev–Trinajstić information content (AvgIpc) is 3.90. The fourth-order valence-corrected chi connectivity index (χ4v) is 7.63. The van der Waals surface area contributed by atoms with E-state index in [1.165, 1.54) is 28.2 Å². The number of carbonyl (C=O) groups excluding carboxylic acids is 7. The lowest BCUT2D eigenvalue weighted by atomic mass is 10.1. The maximum Gasteiger partial charge on any atom is 0.329 e. The number of amides is 1. The first-order chi connectivity index (χ1) is 34.0. The highest BCUT2D eigenvalue weighted by atomic mass is 16.6. The summed E-state index contributed by atoms with van der Waals surface area (Å²) in [4.78, 5) is 95.4. The van der Waals surface area contributed by atoms with Gasteiger partial charge in [-0.15, -0.1) is 0 Å². The van der Waals surface area contributed by atoms with E-state index in [1.54, 1.807) is 0 Å². The number of hydrogen-bond acceptors (Lipinski definition) is 14. The van der Waals surface area contributed by atoms with Crippen molar-refractivity contribution < 1.29 is 62.0 Å². The normalized spacial score (nSPS) is 11.1. The molecule has 0 fully saturated rings. The average molecular weight is 992 g/mol. The van der Waals surface area contributed by atoms with Crippen molar-refractivity contribution in [3.8, 4) is 0 Å². The summed E-state index contributed by atoms with van der Waals surface area (Å²) in [6, 6.07) is -0.496. The molecule has 0 saturated carbocycles. The first-order valence-corrected chi connectivity index (χ1v) is 27.2. The van der Waals surface area contributed by atoms with Crippen LogP contribution in [0.2, 0.25) is 0 Å². The summed E-state index contributed by atoms with van der Waals surface area (Å²) in [7, 11) is 0. The molecule has 0 spiro atoms. The summed E-state index contributed by atoms with van der Waals surface area (Å²) in [5.41, 5.74) is 0. The Balaban J connectivity index is 2.84. The van der Waals surface area contributed by atoms with Crippen LogP contribution in [-0.4, -0.2) is 109 Å². The van der Waals surface area contributed by atoms with E-state index in [2.05, 4.69) is 32.7 Å². The van der Waals surface area contributed by atoms with E-state index in [4.69, 9.17) is 28.4 Å². The molecule has 16 heteroatoms. The molecule has 0 aliphatic rings. The van der Waals surface area contributed by atoms with Crippen molar-refractivity contribution in [2.75, 3.05) is 52.7 Å². The number of ether oxygens (including phenoxy) is 6. The Morgan fingerprint density at radius 1 is 0.414 bits per heavy atom. The Bertz CT molecular complexity index is 1370. The van der Waals surface area contributed by atoms with Gasteiger partial charge >= 0.3 is 41.8 Å². The molecule has 1 amide bonds. The van der Waals surface area contributed by atoms with Gasteiger partial charge in [-0.2, -0.15) is 0 Å². The SMILES string of the molecule is CCCCCCCCC(=O)OCC(COC(=O)CCCCCCCC)CC(=O)OCCN(CCOC(=O)CC(COC(=O)CCCCCCCC)COC(=O)CCCCCCCC)C(=O)n1ccnc1. The molecule has 0 aliphatic heterocycles. The van der Waals surface area contributed by atoms with Gasteiger partial charge in [0.25, 0.3) is 0 Å². The van der Waals surface area contributed by atoms with E-state index in [0.717, 1.165) is 128 Å². The molecule has 0 radical (unpaired) electrons. The zero-order valence-corrected chi connectivity index (χ0v) is 43.9. The maximum atomic E-state index is 13.4. The molecule has 0 aliphatic carbocycles. The summed E-state index contributed by atoms with van der Waals surface area (Å²) in [6.07, 6.45) is 29.4. The fourth-order valence-electron chi connectivity index (χ4n) is 7.63. The van der Waals surface area contributed by atoms with Gasteiger partial charge in [-0.25, -0.2) is 9.78 Å². The van der Waals surface area contributed by atoms with Gasteiger partial charge in [0, 0.05) is 49.9 Å². The molecule has 1 aromatic heterocycles. The topological polar surface area (TPSA) is 196 Å². The number of rotatable bonds is 46. The molecule has 0 N–H and O–H groups in total. The lowest BCUT2D eigenvalue weighted by molar-refractivity contribution is -0.155. The van der Waals surface area contributed by atoms with Gasteiger partial charge in [0.2, 0.25) is 0 Å². The number of imidazole rings is 1. The minimum Gasteiger partial charge on any atom is -0.465 e. The van der Waals surface area contributed by atoms with Gasteiger partial charge in [0.05, 0.1) is 52.4 Å². The Morgan fingerprint density at radius 2 is 0.714 bits per heavy atom. The number of aromatic nitrogens is 2. The van der Waals surface area contributed by atoms with Crippen LogP contribution in [0.1, 0.15) is 220 Å². The Morgan fingerprint density at radius 3 is 1.00 bits per heavy atom. The number of esters is 6. The quantitative estimate of drug-likeness (QED) is 0.0340. The van der Waals surface area contributed by atoms with E-state index in [-0.39, 0.29) is 115 Å². The van der Waals surface area contributed by atoms with Crippen molar-refractivity contribution in [3.05, 3.63) is 18.7 Å². The molecular weight excluding hydrogens is 899 g/mol. The van der Waals surface area contributed by atoms with Crippen molar-refractivity contribution in [1.82, 2.24) is 14.5 Å². The minimum atomic E-state index is -0.630. The van der Waals surface area contributed by atoms with Crippen LogP contribution in [0.5, 0.6) is 0 Å². The van der Waals surface area contributed by atoms with E-state index >= 15 is 0 Å². The maximum absolute atomic E-state index is 13.4. The van der Waals surface area contributed by atoms with E-state index in [1.807, 2.05) is 0 Å². The van der Waals surface area contributed by atoms with E-state index in [9.17, 15) is 33.6 Å². The lowest BCUT2D eigenvalue weighted by Crippen LogP contribution is -2.39. The third-order valence-corrected chi connectivity index (χ3v) is 12.0. The van der Waals surface area contributed by atoms with Crippen LogP contribution in [0.4, 0.5) is 4.79 Å². The van der Waals surface area contributed by atoms with Crippen molar-refractivity contribution in [2.24, 2.45) is 11.8 Å². The van der Waals surface area contributed by atoms with Gasteiger partial charge < -0.3 is 33.3 Å². The monoisotopic (exact) mass is 992 g/mol. The molecule has 0 saturated heterocycles. The van der Waals surface area contributed by atoms with Crippen molar-refractivity contribution in [3.63, 3.8) is 0 Å². The van der Waals surface area contributed by atoms with Gasteiger partial charge in [0.15, 0.2) is 0 Å². The lowest BCUT2D eigenvalue weighted by Gasteiger charge is -2.23. The summed E-state index contributed by atoms with van der Waals surface area (Å²) in [5.74, 6) is -4.01. The largest absolute Gasteiger partial charge is 0.465 e. The predicted molar refractivity (Wildman–Crippen MR) is 269 cm³/mol. The molecular formula is C54H93N3O13. The van der Waals surface area contributed by atoms with Crippen LogP contribution in [0, 0.1) is 11.8 Å². The predicted octanol–water partition coefficient (Wildman–Crippen LogP) is 11.4. The molecule has 70 heavy (non-hydrogen) atoms. The van der Waals surface area contributed by atoms with Gasteiger partial charge in [-0.3, -0.25) is 33.3 Å². The number of unbranched alkanes of at least 4 members (excludes halogenated alkanes) is 20. The second kappa shape index (κ2) is 44.4. The first kappa shape index (κ1) is 63.5. The number of hydrogen-bond donors (Lipinski definition) is 0. The Hall–Kier alpha value is -4.50. The highest BCUT2D eigenvalue weighted by Gasteiger charge is 2.23. The molecule has 16 nitrogen and oxygen atoms in total. The molecule has 402 valence electrons. The van der Waals surface area contributed by atoms with Crippen LogP contribution >= 0.6 is 0 Å². The van der Waals surface area contributed by atoms with Crippen LogP contribution in [0.15, 0.2) is 18.7 Å². The molecule has 1 heterocycles. The van der Waals surface area contributed by atoms with Crippen LogP contribution in [-0.2, 0) is 57.2 Å². The van der Waals surface area contributed by atoms with Gasteiger partial charge in [0.1, 0.15) is 19.5 Å². The van der Waals surface area contributed by atoms with Crippen molar-refractivity contribution in [2.45, 2.75) is 220 Å². The summed E-state index contributed by atoms with van der Waals surface area (Å²) >= 11 is 0. The molecule has 1 rings (SSSR count). The zero-order chi connectivity index (χ0) is 51.3. The Labute approximate surface area is 420 Å². The summed E-state index contributed by atoms with van der Waals surface area (Å²) in [6.45, 7) is 7.61. The van der Waals surface area contributed by atoms with Crippen LogP contribution < -0.4 is 0 Å². The number of nitrogens with zero attached hydrogens (tertiary/aromatic N) is 3. The molecule has 0 aromatic carbocycles. The number of carbonyl (C=O) groups is 7. The summed E-state index contributed by atoms with van der Waals surface area (Å²) < 4.78 is 34.4. The third-order valence-electron chi connectivity index (χ3n) is 12.0. The molecule has 1 aromatic rings. The van der Waals surface area contributed by atoms with Crippen molar-refractivity contribution in [1.29, 1.82) is 0 Å². The standard InChI is InChI=1S/C54H93N3O13/c1-5-9-13-17-21-25-29-48(58)67-41-46(42-68-49(59)30-26-22-18-14-10-6-2)39-52(62)65-37-35-56(54(64)57-34-33-55-45-57)36-38-66-53(63)40-47(43-69-50(60)31-27-23-19-15-11-7-3)44-70-51(61)32-28-24-20-16-12-8-4/h33-34,45-47H,5-32,35-44H2,1-4H3. The van der Waals surface area contributed by atoms with Crippen LogP contribution in [0.25, 0.3) is 0 Å². The smallest absolute Gasteiger partial charge is 0.329 e. The Kier molecular flexibility index (Phi) is 40.3. The molecule has 0 unspecified atom stereocenters. The highest BCUT2D eigenvalue weighted by molar-refractivity contribution is 5.77. The van der Waals surface area contributed by atoms with E-state index < -0.39 is 29.8 Å². The highest BCUT2D eigenvalue weighted by Crippen LogP contribution is 2.15. The van der Waals surface area contributed by atoms with Crippen LogP contribution in [0.3, 0.4) is 0 Å². The van der Waals surface area contributed by atoms with E-state index in [0.29, 0.717) is 25.7 Å². The first-order valence-electron chi connectivity index (χ1n) is 27.2. The van der Waals surface area contributed by atoms with Gasteiger partial charge in [-0.05, 0) is 25.7 Å². The minimum absolute atomic E-state index is 0.0583. The third kappa shape index (κ3) is 36.4. The van der Waals surface area contributed by atoms with Gasteiger partial charge in [-0.1, -0.05) is 156 Å². The molecule has 0 bridgehead atoms. The fraction of sp³-hybridized carbons (Fsp3) is 0.815.